The first-order chi connectivity index (χ1) is 12.5. The van der Waals surface area contributed by atoms with Crippen LogP contribution in [0.2, 0.25) is 5.02 Å². The molecule has 0 bridgehead atoms. The Bertz CT molecular complexity index is 661. The Morgan fingerprint density at radius 1 is 1.23 bits per heavy atom. The summed E-state index contributed by atoms with van der Waals surface area (Å²) in [7, 11) is 0. The van der Waals surface area contributed by atoms with Crippen molar-refractivity contribution in [2.75, 3.05) is 38.0 Å². The van der Waals surface area contributed by atoms with Crippen LogP contribution in [-0.4, -0.2) is 60.5 Å². The number of hydrogen-bond donors (Lipinski definition) is 2. The van der Waals surface area contributed by atoms with Crippen LogP contribution in [-0.2, 0) is 4.79 Å². The fraction of sp³-hybridized carbons (Fsp3) is 0.579. The van der Waals surface area contributed by atoms with Gasteiger partial charge in [-0.3, -0.25) is 9.69 Å². The van der Waals surface area contributed by atoms with E-state index in [9.17, 15) is 9.59 Å². The van der Waals surface area contributed by atoms with Crippen LogP contribution in [0.25, 0.3) is 0 Å². The molecule has 0 radical (unpaired) electrons. The largest absolute Gasteiger partial charge is 0.337 e. The summed E-state index contributed by atoms with van der Waals surface area (Å²) in [5, 5.41) is 6.33. The zero-order chi connectivity index (χ0) is 18.5. The van der Waals surface area contributed by atoms with Gasteiger partial charge < -0.3 is 15.5 Å². The molecule has 26 heavy (non-hydrogen) atoms. The topological polar surface area (TPSA) is 64.7 Å². The van der Waals surface area contributed by atoms with E-state index in [4.69, 9.17) is 11.6 Å². The van der Waals surface area contributed by atoms with E-state index in [-0.39, 0.29) is 18.4 Å². The second-order valence-corrected chi connectivity index (χ2v) is 7.48. The normalized spacial score (nSPS) is 20.4. The highest BCUT2D eigenvalue weighted by atomic mass is 35.5. The maximum Gasteiger partial charge on any atom is 0.317 e. The van der Waals surface area contributed by atoms with E-state index < -0.39 is 0 Å². The Morgan fingerprint density at radius 2 is 2.00 bits per heavy atom. The molecule has 3 amide bonds. The van der Waals surface area contributed by atoms with Crippen LogP contribution < -0.4 is 10.6 Å². The van der Waals surface area contributed by atoms with Crippen LogP contribution >= 0.6 is 11.6 Å². The van der Waals surface area contributed by atoms with Crippen LogP contribution in [0.1, 0.15) is 31.2 Å². The van der Waals surface area contributed by atoms with Crippen molar-refractivity contribution in [3.8, 4) is 0 Å². The highest BCUT2D eigenvalue weighted by molar-refractivity contribution is 6.31. The monoisotopic (exact) mass is 378 g/mol. The summed E-state index contributed by atoms with van der Waals surface area (Å²) in [6.45, 7) is 6.09. The number of carbonyl (C=O) groups excluding carboxylic acids is 2. The second kappa shape index (κ2) is 8.73. The fourth-order valence-corrected chi connectivity index (χ4v) is 3.86. The number of urea groups is 1. The van der Waals surface area contributed by atoms with Crippen molar-refractivity contribution in [1.29, 1.82) is 0 Å². The summed E-state index contributed by atoms with van der Waals surface area (Å²) in [4.78, 5) is 28.7. The van der Waals surface area contributed by atoms with Crippen LogP contribution in [0.3, 0.4) is 0 Å². The molecular weight excluding hydrogens is 352 g/mol. The van der Waals surface area contributed by atoms with Crippen molar-refractivity contribution in [2.24, 2.45) is 0 Å². The van der Waals surface area contributed by atoms with E-state index >= 15 is 0 Å². The number of rotatable bonds is 5. The molecule has 6 nitrogen and oxygen atoms in total. The SMILES string of the molecule is Cc1c(Cl)cccc1NC(=O)CCNC(=O)N1CCC(N2CCCC2)C1. The lowest BCUT2D eigenvalue weighted by atomic mass is 10.2. The van der Waals surface area contributed by atoms with Crippen LogP contribution in [0.5, 0.6) is 0 Å². The average Bonchev–Trinajstić information content (AvgIpc) is 3.29. The van der Waals surface area contributed by atoms with Crippen molar-refractivity contribution < 1.29 is 9.59 Å². The molecule has 2 saturated heterocycles. The number of benzene rings is 1. The Morgan fingerprint density at radius 3 is 2.77 bits per heavy atom. The van der Waals surface area contributed by atoms with Gasteiger partial charge in [-0.1, -0.05) is 17.7 Å². The first-order valence-corrected chi connectivity index (χ1v) is 9.74. The summed E-state index contributed by atoms with van der Waals surface area (Å²) in [6.07, 6.45) is 3.82. The average molecular weight is 379 g/mol. The lowest BCUT2D eigenvalue weighted by Gasteiger charge is -2.23. The number of likely N-dealkylation sites (tertiary alicyclic amines) is 2. The zero-order valence-electron chi connectivity index (χ0n) is 15.3. The summed E-state index contributed by atoms with van der Waals surface area (Å²) >= 11 is 6.06. The molecule has 0 aliphatic carbocycles. The maximum absolute atomic E-state index is 12.3. The molecule has 7 heteroatoms. The molecule has 3 rings (SSSR count). The van der Waals surface area contributed by atoms with Gasteiger partial charge in [0.25, 0.3) is 0 Å². The smallest absolute Gasteiger partial charge is 0.317 e. The molecule has 1 aromatic carbocycles. The first kappa shape index (κ1) is 19.0. The molecule has 2 aliphatic heterocycles. The van der Waals surface area contributed by atoms with Gasteiger partial charge in [0, 0.05) is 42.8 Å². The van der Waals surface area contributed by atoms with Gasteiger partial charge in [-0.05, 0) is 57.0 Å². The molecule has 2 heterocycles. The predicted molar refractivity (Wildman–Crippen MR) is 104 cm³/mol. The lowest BCUT2D eigenvalue weighted by molar-refractivity contribution is -0.116. The molecule has 142 valence electrons. The summed E-state index contributed by atoms with van der Waals surface area (Å²) in [6, 6.07) is 5.84. The number of halogens is 1. The number of carbonyl (C=O) groups is 2. The minimum Gasteiger partial charge on any atom is -0.337 e. The van der Waals surface area contributed by atoms with Crippen LogP contribution in [0.15, 0.2) is 18.2 Å². The standard InChI is InChI=1S/C19H27ClN4O2/c1-14-16(20)5-4-6-17(14)22-18(25)7-9-21-19(26)24-12-8-15(13-24)23-10-2-3-11-23/h4-6,15H,2-3,7-13H2,1H3,(H,21,26)(H,22,25). The van der Waals surface area contributed by atoms with E-state index in [1.165, 1.54) is 12.8 Å². The molecule has 1 aromatic rings. The number of amides is 3. The number of anilines is 1. The molecule has 1 atom stereocenters. The van der Waals surface area contributed by atoms with Gasteiger partial charge in [0.15, 0.2) is 0 Å². The number of hydrogen-bond acceptors (Lipinski definition) is 3. The van der Waals surface area contributed by atoms with Gasteiger partial charge in [0.2, 0.25) is 5.91 Å². The minimum absolute atomic E-state index is 0.0709. The molecule has 0 spiro atoms. The Labute approximate surface area is 159 Å². The molecule has 1 unspecified atom stereocenters. The van der Waals surface area contributed by atoms with Crippen molar-refractivity contribution in [3.05, 3.63) is 28.8 Å². The lowest BCUT2D eigenvalue weighted by Crippen LogP contribution is -2.42. The van der Waals surface area contributed by atoms with Crippen molar-refractivity contribution in [2.45, 2.75) is 38.6 Å². The van der Waals surface area contributed by atoms with Gasteiger partial charge in [-0.15, -0.1) is 0 Å². The zero-order valence-corrected chi connectivity index (χ0v) is 16.0. The van der Waals surface area contributed by atoms with Crippen molar-refractivity contribution >= 4 is 29.2 Å². The summed E-state index contributed by atoms with van der Waals surface area (Å²) in [5.74, 6) is -0.132. The van der Waals surface area contributed by atoms with Gasteiger partial charge >= 0.3 is 6.03 Å². The van der Waals surface area contributed by atoms with Crippen molar-refractivity contribution in [1.82, 2.24) is 15.1 Å². The summed E-state index contributed by atoms with van der Waals surface area (Å²) < 4.78 is 0. The third kappa shape index (κ3) is 4.68. The van der Waals surface area contributed by atoms with Gasteiger partial charge in [0.1, 0.15) is 0 Å². The van der Waals surface area contributed by atoms with Crippen LogP contribution in [0, 0.1) is 6.92 Å². The molecule has 0 saturated carbocycles. The molecular formula is C19H27ClN4O2. The predicted octanol–water partition coefficient (Wildman–Crippen LogP) is 2.86. The van der Waals surface area contributed by atoms with Gasteiger partial charge in [0.05, 0.1) is 0 Å². The van der Waals surface area contributed by atoms with E-state index in [1.807, 2.05) is 17.9 Å². The first-order valence-electron chi connectivity index (χ1n) is 9.36. The van der Waals surface area contributed by atoms with Gasteiger partial charge in [-0.25, -0.2) is 4.79 Å². The Balaban J connectivity index is 1.38. The minimum atomic E-state index is -0.132. The van der Waals surface area contributed by atoms with E-state index in [1.54, 1.807) is 12.1 Å². The number of nitrogens with zero attached hydrogens (tertiary/aromatic N) is 2. The maximum atomic E-state index is 12.3. The third-order valence-electron chi connectivity index (χ3n) is 5.28. The Hall–Kier alpha value is -1.79. The van der Waals surface area contributed by atoms with Crippen LogP contribution in [0.4, 0.5) is 10.5 Å². The fourth-order valence-electron chi connectivity index (χ4n) is 3.68. The van der Waals surface area contributed by atoms with E-state index in [2.05, 4.69) is 15.5 Å². The molecule has 2 fully saturated rings. The molecule has 0 aromatic heterocycles. The second-order valence-electron chi connectivity index (χ2n) is 7.07. The van der Waals surface area contributed by atoms with Crippen molar-refractivity contribution in [3.63, 3.8) is 0 Å². The van der Waals surface area contributed by atoms with E-state index in [0.29, 0.717) is 23.3 Å². The van der Waals surface area contributed by atoms with E-state index in [0.717, 1.165) is 38.2 Å². The molecule has 2 aliphatic rings. The number of nitrogens with one attached hydrogen (secondary N) is 2. The highest BCUT2D eigenvalue weighted by Crippen LogP contribution is 2.23. The Kier molecular flexibility index (Phi) is 6.38. The third-order valence-corrected chi connectivity index (χ3v) is 5.69. The molecule has 2 N–H and O–H groups in total. The van der Waals surface area contributed by atoms with Gasteiger partial charge in [-0.2, -0.15) is 0 Å². The quantitative estimate of drug-likeness (QED) is 0.828. The summed E-state index contributed by atoms with van der Waals surface area (Å²) in [5.41, 5.74) is 1.55. The highest BCUT2D eigenvalue weighted by Gasteiger charge is 2.31.